The Hall–Kier alpha value is -3.27. The molecule has 1 saturated heterocycles. The van der Waals surface area contributed by atoms with Gasteiger partial charge in [-0.1, -0.05) is 36.4 Å². The average molecular weight is 539 g/mol. The smallest absolute Gasteiger partial charge is 0.322 e. The van der Waals surface area contributed by atoms with Crippen LogP contribution in [0.1, 0.15) is 21.6 Å². The molecule has 7 nitrogen and oxygen atoms in total. The van der Waals surface area contributed by atoms with Crippen molar-refractivity contribution in [2.45, 2.75) is 26.9 Å². The van der Waals surface area contributed by atoms with Gasteiger partial charge in [0, 0.05) is 43.3 Å². The van der Waals surface area contributed by atoms with E-state index in [1.54, 1.807) is 33.3 Å². The zero-order chi connectivity index (χ0) is 26.9. The number of nitrogens with one attached hydrogen (secondary N) is 1. The number of rotatable bonds is 10. The summed E-state index contributed by atoms with van der Waals surface area (Å²) in [5.41, 5.74) is 3.53. The summed E-state index contributed by atoms with van der Waals surface area (Å²) < 4.78 is 18.9. The highest BCUT2D eigenvalue weighted by atomic mass is 32.1. The van der Waals surface area contributed by atoms with Crippen molar-refractivity contribution in [3.63, 3.8) is 0 Å². The number of hydrogen-bond donors (Lipinski definition) is 1. The first-order valence-electron chi connectivity index (χ1n) is 12.9. The minimum absolute atomic E-state index is 0.0618. The number of thiophene rings is 1. The molecule has 0 radical (unpaired) electrons. The van der Waals surface area contributed by atoms with E-state index in [0.717, 1.165) is 40.3 Å². The fraction of sp³-hybridized carbons (Fsp3) is 0.379. The molecule has 0 saturated carbocycles. The van der Waals surface area contributed by atoms with Gasteiger partial charge in [0.15, 0.2) is 0 Å². The normalized spacial score (nSPS) is 13.8. The Morgan fingerprint density at radius 3 is 2.34 bits per heavy atom. The number of halogens is 1. The van der Waals surface area contributed by atoms with Crippen LogP contribution < -0.4 is 5.32 Å². The lowest BCUT2D eigenvalue weighted by Crippen LogP contribution is -2.48. The number of urea groups is 1. The molecule has 2 aromatic carbocycles. The Bertz CT molecular complexity index is 1180. The van der Waals surface area contributed by atoms with E-state index in [1.807, 2.05) is 49.6 Å². The van der Waals surface area contributed by atoms with Gasteiger partial charge in [-0.3, -0.25) is 9.69 Å². The third kappa shape index (κ3) is 7.86. The Morgan fingerprint density at radius 2 is 1.68 bits per heavy atom. The van der Waals surface area contributed by atoms with E-state index in [-0.39, 0.29) is 24.3 Å². The number of anilines is 1. The summed E-state index contributed by atoms with van der Waals surface area (Å²) >= 11 is 1.58. The van der Waals surface area contributed by atoms with E-state index in [4.69, 9.17) is 4.74 Å². The fourth-order valence-electron chi connectivity index (χ4n) is 4.43. The number of para-hydroxylation sites is 1. The molecule has 0 spiro atoms. The lowest BCUT2D eigenvalue weighted by atomic mass is 10.1. The second-order valence-electron chi connectivity index (χ2n) is 9.53. The highest BCUT2D eigenvalue weighted by Crippen LogP contribution is 2.20. The molecule has 3 aromatic rings. The predicted octanol–water partition coefficient (Wildman–Crippen LogP) is 4.90. The molecule has 1 aromatic heterocycles. The van der Waals surface area contributed by atoms with Crippen LogP contribution in [0.15, 0.2) is 60.0 Å². The van der Waals surface area contributed by atoms with Crippen molar-refractivity contribution in [1.82, 2.24) is 14.7 Å². The van der Waals surface area contributed by atoms with Gasteiger partial charge in [0.2, 0.25) is 5.91 Å². The summed E-state index contributed by atoms with van der Waals surface area (Å²) in [6.45, 7) is 8.59. The van der Waals surface area contributed by atoms with Crippen molar-refractivity contribution in [3.8, 4) is 0 Å². The molecule has 202 valence electrons. The van der Waals surface area contributed by atoms with Gasteiger partial charge in [-0.05, 0) is 54.1 Å². The summed E-state index contributed by atoms with van der Waals surface area (Å²) in [6.07, 6.45) is 0. The Balaban J connectivity index is 1.51. The summed E-state index contributed by atoms with van der Waals surface area (Å²) in [6, 6.07) is 15.7. The second kappa shape index (κ2) is 13.5. The first-order chi connectivity index (χ1) is 18.4. The highest BCUT2D eigenvalue weighted by Gasteiger charge is 2.24. The van der Waals surface area contributed by atoms with Crippen molar-refractivity contribution in [2.75, 3.05) is 51.3 Å². The molecule has 9 heteroatoms. The molecule has 1 aliphatic rings. The Labute approximate surface area is 227 Å². The number of benzene rings is 2. The third-order valence-electron chi connectivity index (χ3n) is 6.68. The summed E-state index contributed by atoms with van der Waals surface area (Å²) in [7, 11) is 0. The van der Waals surface area contributed by atoms with Crippen LogP contribution in [0.5, 0.6) is 0 Å². The molecule has 3 amide bonds. The molecule has 4 rings (SSSR count). The van der Waals surface area contributed by atoms with Crippen LogP contribution in [0.4, 0.5) is 14.9 Å². The first-order valence-corrected chi connectivity index (χ1v) is 13.7. The van der Waals surface area contributed by atoms with Crippen molar-refractivity contribution in [3.05, 3.63) is 87.4 Å². The zero-order valence-electron chi connectivity index (χ0n) is 22.0. The van der Waals surface area contributed by atoms with Crippen molar-refractivity contribution in [2.24, 2.45) is 0 Å². The van der Waals surface area contributed by atoms with Crippen LogP contribution in [-0.2, 0) is 22.6 Å². The zero-order valence-corrected chi connectivity index (χ0v) is 22.8. The molecule has 1 fully saturated rings. The molecule has 0 unspecified atom stereocenters. The molecular formula is C29H35FN4O3S. The maximum Gasteiger partial charge on any atom is 0.322 e. The number of hydrogen-bond acceptors (Lipinski definition) is 5. The van der Waals surface area contributed by atoms with Crippen molar-refractivity contribution in [1.29, 1.82) is 0 Å². The molecule has 0 atom stereocenters. The van der Waals surface area contributed by atoms with Crippen LogP contribution >= 0.6 is 11.3 Å². The van der Waals surface area contributed by atoms with Crippen molar-refractivity contribution >= 4 is 29.0 Å². The molecule has 1 N–H and O–H groups in total. The number of aryl methyl sites for hydroxylation is 2. The van der Waals surface area contributed by atoms with E-state index in [2.05, 4.69) is 10.2 Å². The Kier molecular flexibility index (Phi) is 9.86. The van der Waals surface area contributed by atoms with Crippen LogP contribution in [0.25, 0.3) is 0 Å². The Morgan fingerprint density at radius 1 is 0.974 bits per heavy atom. The van der Waals surface area contributed by atoms with Gasteiger partial charge >= 0.3 is 6.03 Å². The van der Waals surface area contributed by atoms with Crippen molar-refractivity contribution < 1.29 is 18.7 Å². The number of morpholine rings is 1. The largest absolute Gasteiger partial charge is 0.379 e. The van der Waals surface area contributed by atoms with Gasteiger partial charge in [-0.2, -0.15) is 0 Å². The van der Waals surface area contributed by atoms with E-state index in [9.17, 15) is 14.0 Å². The number of carbonyl (C=O) groups excluding carboxylic acids is 2. The summed E-state index contributed by atoms with van der Waals surface area (Å²) in [4.78, 5) is 33.8. The minimum atomic E-state index is -0.317. The number of carbonyl (C=O) groups is 2. The van der Waals surface area contributed by atoms with Gasteiger partial charge in [0.1, 0.15) is 12.4 Å². The number of nitrogens with zero attached hydrogens (tertiary/aromatic N) is 3. The average Bonchev–Trinajstić information content (AvgIpc) is 3.43. The molecule has 0 bridgehead atoms. The molecular weight excluding hydrogens is 503 g/mol. The van der Waals surface area contributed by atoms with Gasteiger partial charge in [-0.25, -0.2) is 9.18 Å². The quantitative estimate of drug-likeness (QED) is 0.399. The topological polar surface area (TPSA) is 65.1 Å². The van der Waals surface area contributed by atoms with Crippen LogP contribution in [0.3, 0.4) is 0 Å². The van der Waals surface area contributed by atoms with Gasteiger partial charge in [0.25, 0.3) is 0 Å². The lowest BCUT2D eigenvalue weighted by Gasteiger charge is -2.31. The third-order valence-corrected chi connectivity index (χ3v) is 7.54. The number of ether oxygens (including phenoxy) is 1. The maximum atomic E-state index is 13.7. The number of amides is 3. The molecule has 2 heterocycles. The SMILES string of the molecule is Cc1cccc(C)c1NC(=O)N(CCN1CCOCC1)CC(=O)N(Cc1ccc(F)cc1)Cc1cccs1. The molecule has 0 aliphatic carbocycles. The van der Waals surface area contributed by atoms with Gasteiger partial charge < -0.3 is 19.9 Å². The van der Waals surface area contributed by atoms with Gasteiger partial charge in [-0.15, -0.1) is 11.3 Å². The predicted molar refractivity (Wildman–Crippen MR) is 149 cm³/mol. The first kappa shape index (κ1) is 27.8. The summed E-state index contributed by atoms with van der Waals surface area (Å²) in [5.74, 6) is -0.483. The van der Waals surface area contributed by atoms with Crippen LogP contribution in [0, 0.1) is 19.7 Å². The van der Waals surface area contributed by atoms with Gasteiger partial charge in [0.05, 0.1) is 19.8 Å². The second-order valence-corrected chi connectivity index (χ2v) is 10.6. The highest BCUT2D eigenvalue weighted by molar-refractivity contribution is 7.09. The van der Waals surface area contributed by atoms with E-state index in [0.29, 0.717) is 39.4 Å². The minimum Gasteiger partial charge on any atom is -0.379 e. The van der Waals surface area contributed by atoms with E-state index < -0.39 is 0 Å². The van der Waals surface area contributed by atoms with Crippen LogP contribution in [0.2, 0.25) is 0 Å². The lowest BCUT2D eigenvalue weighted by molar-refractivity contribution is -0.133. The monoisotopic (exact) mass is 538 g/mol. The molecule has 38 heavy (non-hydrogen) atoms. The standard InChI is InChI=1S/C29H35FN4O3S/c1-22-5-3-6-23(2)28(22)31-29(36)33(13-12-32-14-16-37-17-15-32)21-27(35)34(20-26-7-4-18-38-26)19-24-8-10-25(30)11-9-24/h3-11,18H,12-17,19-21H2,1-2H3,(H,31,36). The fourth-order valence-corrected chi connectivity index (χ4v) is 5.15. The van der Waals surface area contributed by atoms with Crippen LogP contribution in [-0.4, -0.2) is 72.6 Å². The van der Waals surface area contributed by atoms with E-state index in [1.165, 1.54) is 12.1 Å². The molecule has 1 aliphatic heterocycles. The van der Waals surface area contributed by atoms with E-state index >= 15 is 0 Å². The summed E-state index contributed by atoms with van der Waals surface area (Å²) in [5, 5.41) is 5.02. The maximum absolute atomic E-state index is 13.7.